The van der Waals surface area contributed by atoms with Crippen molar-refractivity contribution in [3.63, 3.8) is 0 Å². The van der Waals surface area contributed by atoms with E-state index in [-0.39, 0.29) is 18.4 Å². The molecule has 1 aromatic rings. The zero-order valence-electron chi connectivity index (χ0n) is 11.1. The second-order valence-corrected chi connectivity index (χ2v) is 4.66. The average molecular weight is 261 g/mol. The Hall–Kier alpha value is -1.88. The van der Waals surface area contributed by atoms with Crippen molar-refractivity contribution in [3.05, 3.63) is 35.9 Å². The van der Waals surface area contributed by atoms with Crippen LogP contribution >= 0.6 is 0 Å². The maximum Gasteiger partial charge on any atom is 0.251 e. The van der Waals surface area contributed by atoms with Crippen LogP contribution in [0.4, 0.5) is 0 Å². The molecule has 1 aliphatic heterocycles. The summed E-state index contributed by atoms with van der Waals surface area (Å²) < 4.78 is 0. The van der Waals surface area contributed by atoms with Crippen LogP contribution < -0.4 is 10.6 Å². The molecule has 1 saturated heterocycles. The number of hydrogen-bond acceptors (Lipinski definition) is 3. The minimum absolute atomic E-state index is 0.0259. The van der Waals surface area contributed by atoms with E-state index >= 15 is 0 Å². The molecule has 2 amide bonds. The van der Waals surface area contributed by atoms with E-state index in [1.165, 1.54) is 0 Å². The number of carbonyl (C=O) groups is 2. The fourth-order valence-corrected chi connectivity index (χ4v) is 2.18. The van der Waals surface area contributed by atoms with Gasteiger partial charge < -0.3 is 15.5 Å². The van der Waals surface area contributed by atoms with E-state index in [0.29, 0.717) is 11.6 Å². The molecule has 2 N–H and O–H groups in total. The van der Waals surface area contributed by atoms with E-state index in [0.717, 1.165) is 19.5 Å². The summed E-state index contributed by atoms with van der Waals surface area (Å²) in [6.07, 6.45) is 0.967. The van der Waals surface area contributed by atoms with Gasteiger partial charge in [-0.3, -0.25) is 9.59 Å². The lowest BCUT2D eigenvalue weighted by Crippen LogP contribution is -2.40. The van der Waals surface area contributed by atoms with Crippen molar-refractivity contribution in [2.24, 2.45) is 0 Å². The zero-order chi connectivity index (χ0) is 13.7. The molecule has 19 heavy (non-hydrogen) atoms. The summed E-state index contributed by atoms with van der Waals surface area (Å²) in [5.74, 6) is -0.236. The van der Waals surface area contributed by atoms with Crippen molar-refractivity contribution in [2.75, 3.05) is 26.7 Å². The summed E-state index contributed by atoms with van der Waals surface area (Å²) in [6, 6.07) is 9.28. The van der Waals surface area contributed by atoms with E-state index in [1.807, 2.05) is 13.1 Å². The monoisotopic (exact) mass is 261 g/mol. The van der Waals surface area contributed by atoms with Crippen LogP contribution in [0.3, 0.4) is 0 Å². The molecule has 1 aliphatic rings. The first-order valence-corrected chi connectivity index (χ1v) is 6.49. The van der Waals surface area contributed by atoms with Crippen LogP contribution in [-0.2, 0) is 4.79 Å². The summed E-state index contributed by atoms with van der Waals surface area (Å²) in [5.41, 5.74) is 0.574. The van der Waals surface area contributed by atoms with E-state index in [2.05, 4.69) is 10.6 Å². The van der Waals surface area contributed by atoms with Crippen molar-refractivity contribution in [2.45, 2.75) is 12.5 Å². The number of rotatable bonds is 4. The molecule has 0 spiro atoms. The van der Waals surface area contributed by atoms with Crippen LogP contribution in [0.25, 0.3) is 0 Å². The van der Waals surface area contributed by atoms with Gasteiger partial charge in [-0.25, -0.2) is 0 Å². The standard InChI is InChI=1S/C14H19N3O2/c1-15-12-7-8-17(10-12)13(18)9-16-14(19)11-5-3-2-4-6-11/h2-6,12,15H,7-10H2,1H3,(H,16,19). The second kappa shape index (κ2) is 6.33. The van der Waals surface area contributed by atoms with Crippen LogP contribution in [0.5, 0.6) is 0 Å². The van der Waals surface area contributed by atoms with Gasteiger partial charge in [-0.05, 0) is 25.6 Å². The molecule has 0 radical (unpaired) electrons. The smallest absolute Gasteiger partial charge is 0.251 e. The van der Waals surface area contributed by atoms with Gasteiger partial charge >= 0.3 is 0 Å². The first kappa shape index (κ1) is 13.5. The third-order valence-electron chi connectivity index (χ3n) is 3.39. The van der Waals surface area contributed by atoms with Gasteiger partial charge in [0.1, 0.15) is 0 Å². The van der Waals surface area contributed by atoms with E-state index < -0.39 is 0 Å². The molecule has 0 aromatic heterocycles. The molecule has 0 saturated carbocycles. The summed E-state index contributed by atoms with van der Waals surface area (Å²) >= 11 is 0. The van der Waals surface area contributed by atoms with Gasteiger partial charge in [0.2, 0.25) is 5.91 Å². The molecule has 1 aromatic carbocycles. The highest BCUT2D eigenvalue weighted by molar-refractivity contribution is 5.96. The summed E-state index contributed by atoms with van der Waals surface area (Å²) in [7, 11) is 1.90. The van der Waals surface area contributed by atoms with Crippen molar-refractivity contribution >= 4 is 11.8 Å². The molecule has 1 fully saturated rings. The molecule has 2 rings (SSSR count). The zero-order valence-corrected chi connectivity index (χ0v) is 11.1. The average Bonchev–Trinajstić information content (AvgIpc) is 2.94. The number of likely N-dealkylation sites (tertiary alicyclic amines) is 1. The number of amides is 2. The summed E-state index contributed by atoms with van der Waals surface area (Å²) in [4.78, 5) is 25.5. The topological polar surface area (TPSA) is 61.4 Å². The van der Waals surface area contributed by atoms with Gasteiger partial charge in [0.05, 0.1) is 6.54 Å². The lowest BCUT2D eigenvalue weighted by molar-refractivity contribution is -0.129. The molecule has 5 nitrogen and oxygen atoms in total. The van der Waals surface area contributed by atoms with Gasteiger partial charge in [0, 0.05) is 24.7 Å². The fourth-order valence-electron chi connectivity index (χ4n) is 2.18. The van der Waals surface area contributed by atoms with E-state index in [1.54, 1.807) is 29.2 Å². The summed E-state index contributed by atoms with van der Waals surface area (Å²) in [6.45, 7) is 1.53. The third kappa shape index (κ3) is 3.54. The molecule has 102 valence electrons. The molecule has 1 atom stereocenters. The van der Waals surface area contributed by atoms with Gasteiger partial charge in [-0.1, -0.05) is 18.2 Å². The Kier molecular flexibility index (Phi) is 4.52. The highest BCUT2D eigenvalue weighted by Gasteiger charge is 2.24. The predicted octanol–water partition coefficient (Wildman–Crippen LogP) is 0.237. The fraction of sp³-hybridized carbons (Fsp3) is 0.429. The minimum Gasteiger partial charge on any atom is -0.343 e. The Bertz CT molecular complexity index is 447. The highest BCUT2D eigenvalue weighted by atomic mass is 16.2. The van der Waals surface area contributed by atoms with Crippen molar-refractivity contribution in [1.82, 2.24) is 15.5 Å². The van der Waals surface area contributed by atoms with Gasteiger partial charge in [-0.15, -0.1) is 0 Å². The Balaban J connectivity index is 1.80. The van der Waals surface area contributed by atoms with Gasteiger partial charge in [0.15, 0.2) is 0 Å². The number of carbonyl (C=O) groups excluding carboxylic acids is 2. The highest BCUT2D eigenvalue weighted by Crippen LogP contribution is 2.08. The SMILES string of the molecule is CNC1CCN(C(=O)CNC(=O)c2ccccc2)C1. The van der Waals surface area contributed by atoms with Gasteiger partial charge in [-0.2, -0.15) is 0 Å². The van der Waals surface area contributed by atoms with Gasteiger partial charge in [0.25, 0.3) is 5.91 Å². The first-order valence-electron chi connectivity index (χ1n) is 6.49. The maximum absolute atomic E-state index is 11.9. The Labute approximate surface area is 113 Å². The molecule has 0 aliphatic carbocycles. The Morgan fingerprint density at radius 3 is 2.68 bits per heavy atom. The van der Waals surface area contributed by atoms with Crippen LogP contribution in [0, 0.1) is 0 Å². The number of nitrogens with zero attached hydrogens (tertiary/aromatic N) is 1. The molecule has 5 heteroatoms. The lowest BCUT2D eigenvalue weighted by atomic mass is 10.2. The van der Waals surface area contributed by atoms with Crippen LogP contribution in [0.15, 0.2) is 30.3 Å². The second-order valence-electron chi connectivity index (χ2n) is 4.66. The lowest BCUT2D eigenvalue weighted by Gasteiger charge is -2.16. The van der Waals surface area contributed by atoms with E-state index in [9.17, 15) is 9.59 Å². The number of likely N-dealkylation sites (N-methyl/N-ethyl adjacent to an activating group) is 1. The third-order valence-corrected chi connectivity index (χ3v) is 3.39. The van der Waals surface area contributed by atoms with Crippen LogP contribution in [0.1, 0.15) is 16.8 Å². The molecule has 0 bridgehead atoms. The molecule has 1 unspecified atom stereocenters. The maximum atomic E-state index is 11.9. The minimum atomic E-state index is -0.210. The Morgan fingerprint density at radius 2 is 2.05 bits per heavy atom. The summed E-state index contributed by atoms with van der Waals surface area (Å²) in [5, 5.41) is 5.82. The van der Waals surface area contributed by atoms with Crippen LogP contribution in [0.2, 0.25) is 0 Å². The molecular formula is C14H19N3O2. The number of nitrogens with one attached hydrogen (secondary N) is 2. The first-order chi connectivity index (χ1) is 9.20. The van der Waals surface area contributed by atoms with Crippen LogP contribution in [-0.4, -0.2) is 49.4 Å². The largest absolute Gasteiger partial charge is 0.343 e. The number of benzene rings is 1. The quantitative estimate of drug-likeness (QED) is 0.816. The molecular weight excluding hydrogens is 242 g/mol. The predicted molar refractivity (Wildman–Crippen MR) is 72.8 cm³/mol. The van der Waals surface area contributed by atoms with Crippen molar-refractivity contribution in [1.29, 1.82) is 0 Å². The van der Waals surface area contributed by atoms with E-state index in [4.69, 9.17) is 0 Å². The van der Waals surface area contributed by atoms with Crippen molar-refractivity contribution < 1.29 is 9.59 Å². The number of hydrogen-bond donors (Lipinski definition) is 2. The Morgan fingerprint density at radius 1 is 1.32 bits per heavy atom. The molecule has 1 heterocycles. The normalized spacial score (nSPS) is 18.4. The van der Waals surface area contributed by atoms with Crippen molar-refractivity contribution in [3.8, 4) is 0 Å².